The molecular weight excluding hydrogens is 392 g/mol. The Morgan fingerprint density at radius 1 is 1.03 bits per heavy atom. The zero-order chi connectivity index (χ0) is 23.2. The molecule has 4 nitrogen and oxygen atoms in total. The van der Waals surface area contributed by atoms with E-state index in [4.69, 9.17) is 4.99 Å². The highest BCUT2D eigenvalue weighted by atomic mass is 15.5. The van der Waals surface area contributed by atoms with Crippen molar-refractivity contribution in [2.24, 2.45) is 10.4 Å². The lowest BCUT2D eigenvalue weighted by atomic mass is 9.78. The molecule has 1 N–H and O–H groups in total. The van der Waals surface area contributed by atoms with E-state index in [0.717, 1.165) is 17.9 Å². The molecule has 3 aliphatic rings. The molecule has 3 atom stereocenters. The van der Waals surface area contributed by atoms with Gasteiger partial charge < -0.3 is 9.80 Å². The summed E-state index contributed by atoms with van der Waals surface area (Å²) in [4.78, 5) is 9.66. The molecule has 2 fully saturated rings. The maximum atomic E-state index is 9.34. The average Bonchev–Trinajstić information content (AvgIpc) is 3.18. The van der Waals surface area contributed by atoms with Crippen molar-refractivity contribution in [3.05, 3.63) is 59.2 Å². The first-order valence-electron chi connectivity index (χ1n) is 11.9. The van der Waals surface area contributed by atoms with Crippen molar-refractivity contribution in [3.63, 3.8) is 0 Å². The molecule has 3 unspecified atom stereocenters. The van der Waals surface area contributed by atoms with E-state index in [9.17, 15) is 5.41 Å². The minimum absolute atomic E-state index is 0.0477. The first-order valence-corrected chi connectivity index (χ1v) is 11.9. The number of nitrogens with zero attached hydrogens (tertiary/aromatic N) is 3. The van der Waals surface area contributed by atoms with Crippen molar-refractivity contribution in [2.75, 3.05) is 9.80 Å². The second kappa shape index (κ2) is 6.46. The fraction of sp³-hybridized carbons (Fsp3) is 0.500. The minimum Gasteiger partial charge on any atom is -0.301 e. The van der Waals surface area contributed by atoms with Gasteiger partial charge in [0.2, 0.25) is 0 Å². The molecule has 2 aromatic rings. The van der Waals surface area contributed by atoms with Crippen molar-refractivity contribution < 1.29 is 0 Å². The van der Waals surface area contributed by atoms with Gasteiger partial charge in [-0.2, -0.15) is 0 Å². The quantitative estimate of drug-likeness (QED) is 0.600. The third-order valence-electron chi connectivity index (χ3n) is 8.07. The van der Waals surface area contributed by atoms with Crippen LogP contribution < -0.4 is 9.80 Å². The molecule has 5 rings (SSSR count). The van der Waals surface area contributed by atoms with Gasteiger partial charge in [-0.15, -0.1) is 0 Å². The normalized spacial score (nSPS) is 30.0. The van der Waals surface area contributed by atoms with Gasteiger partial charge in [0, 0.05) is 28.2 Å². The molecule has 0 aromatic heterocycles. The van der Waals surface area contributed by atoms with Crippen molar-refractivity contribution in [3.8, 4) is 0 Å². The zero-order valence-electron chi connectivity index (χ0n) is 20.7. The fourth-order valence-electron chi connectivity index (χ4n) is 5.98. The number of aryl methyl sites for hydroxylation is 1. The van der Waals surface area contributed by atoms with Gasteiger partial charge in [-0.05, 0) is 61.4 Å². The summed E-state index contributed by atoms with van der Waals surface area (Å²) in [6, 6.07) is 15.6. The molecule has 1 aliphatic carbocycles. The molecule has 0 spiro atoms. The van der Waals surface area contributed by atoms with Crippen LogP contribution in [-0.4, -0.2) is 23.9 Å². The highest BCUT2D eigenvalue weighted by Crippen LogP contribution is 2.72. The predicted molar refractivity (Wildman–Crippen MR) is 135 cm³/mol. The second-order valence-corrected chi connectivity index (χ2v) is 11.7. The second-order valence-electron chi connectivity index (χ2n) is 11.7. The zero-order valence-corrected chi connectivity index (χ0v) is 20.7. The number of amidine groups is 2. The van der Waals surface area contributed by atoms with E-state index in [1.807, 2.05) is 0 Å². The van der Waals surface area contributed by atoms with Gasteiger partial charge in [-0.25, -0.2) is 0 Å². The van der Waals surface area contributed by atoms with E-state index in [1.54, 1.807) is 0 Å². The highest BCUT2D eigenvalue weighted by molar-refractivity contribution is 6.52. The van der Waals surface area contributed by atoms with E-state index in [2.05, 4.69) is 108 Å². The van der Waals surface area contributed by atoms with Crippen molar-refractivity contribution in [1.29, 1.82) is 5.41 Å². The predicted octanol–water partition coefficient (Wildman–Crippen LogP) is 6.41. The fourth-order valence-corrected chi connectivity index (χ4v) is 5.98. The summed E-state index contributed by atoms with van der Waals surface area (Å²) in [7, 11) is 0. The molecule has 0 radical (unpaired) electrons. The van der Waals surface area contributed by atoms with Gasteiger partial charge in [0.05, 0.1) is 0 Å². The van der Waals surface area contributed by atoms with E-state index in [-0.39, 0.29) is 28.5 Å². The number of rotatable bonds is 2. The lowest BCUT2D eigenvalue weighted by Gasteiger charge is -2.44. The number of para-hydroxylation sites is 1. The first-order chi connectivity index (χ1) is 14.9. The van der Waals surface area contributed by atoms with Gasteiger partial charge in [0.15, 0.2) is 11.7 Å². The Morgan fingerprint density at radius 3 is 2.34 bits per heavy atom. The SMILES string of the molecule is Cc1ccccc1N1/C(=N/C(C)C)C(=N)N2c3cc(C(C)(C)C)ccc3C3(C)CC3(C)C21. The van der Waals surface area contributed by atoms with Crippen LogP contribution in [0, 0.1) is 17.7 Å². The highest BCUT2D eigenvalue weighted by Gasteiger charge is 2.74. The van der Waals surface area contributed by atoms with E-state index in [0.29, 0.717) is 5.84 Å². The van der Waals surface area contributed by atoms with Gasteiger partial charge in [-0.1, -0.05) is 65.0 Å². The largest absolute Gasteiger partial charge is 0.301 e. The molecule has 0 bridgehead atoms. The smallest absolute Gasteiger partial charge is 0.173 e. The van der Waals surface area contributed by atoms with Gasteiger partial charge in [-0.3, -0.25) is 10.4 Å². The summed E-state index contributed by atoms with van der Waals surface area (Å²) in [5.74, 6) is 1.32. The first kappa shape index (κ1) is 21.2. The van der Waals surface area contributed by atoms with E-state index < -0.39 is 0 Å². The lowest BCUT2D eigenvalue weighted by Crippen LogP contribution is -2.51. The number of benzene rings is 2. The Morgan fingerprint density at radius 2 is 1.72 bits per heavy atom. The molecule has 2 aliphatic heterocycles. The van der Waals surface area contributed by atoms with Crippen LogP contribution >= 0.6 is 0 Å². The number of fused-ring (bicyclic) bond motifs is 6. The topological polar surface area (TPSA) is 42.7 Å². The Balaban J connectivity index is 1.78. The molecule has 1 saturated carbocycles. The summed E-state index contributed by atoms with van der Waals surface area (Å²) in [6.45, 7) is 18.0. The molecule has 32 heavy (non-hydrogen) atoms. The van der Waals surface area contributed by atoms with E-state index in [1.165, 1.54) is 22.4 Å². The van der Waals surface area contributed by atoms with E-state index >= 15 is 0 Å². The van der Waals surface area contributed by atoms with Crippen LogP contribution in [0.3, 0.4) is 0 Å². The Kier molecular flexibility index (Phi) is 4.29. The third kappa shape index (κ3) is 2.68. The van der Waals surface area contributed by atoms with Gasteiger partial charge >= 0.3 is 0 Å². The van der Waals surface area contributed by atoms with Crippen molar-refractivity contribution in [2.45, 2.75) is 84.8 Å². The van der Waals surface area contributed by atoms with Crippen LogP contribution in [0.2, 0.25) is 0 Å². The maximum absolute atomic E-state index is 9.34. The third-order valence-corrected chi connectivity index (χ3v) is 8.07. The van der Waals surface area contributed by atoms with Gasteiger partial charge in [0.1, 0.15) is 6.17 Å². The van der Waals surface area contributed by atoms with Gasteiger partial charge in [0.25, 0.3) is 0 Å². The molecule has 2 aromatic carbocycles. The summed E-state index contributed by atoms with van der Waals surface area (Å²) < 4.78 is 0. The molecule has 4 heteroatoms. The summed E-state index contributed by atoms with van der Waals surface area (Å²) in [6.07, 6.45) is 1.18. The van der Waals surface area contributed by atoms with Crippen molar-refractivity contribution in [1.82, 2.24) is 0 Å². The van der Waals surface area contributed by atoms with Crippen LogP contribution in [0.1, 0.15) is 71.6 Å². The molecule has 0 amide bonds. The Bertz CT molecular complexity index is 1150. The molecule has 168 valence electrons. The summed E-state index contributed by atoms with van der Waals surface area (Å²) in [5.41, 5.74) is 6.48. The lowest BCUT2D eigenvalue weighted by molar-refractivity contribution is 0.377. The standard InChI is InChI=1S/C28H36N4/c1-17(2)30-24-23(29)31-22-15-19(26(4,5)6)13-14-20(22)27(7)16-28(27,8)25(31)32(24)21-12-10-9-11-18(21)3/h9-15,17,25,29H,16H2,1-8H3/b29-23?,30-24+. The molecular formula is C28H36N4. The number of hydrogen-bond acceptors (Lipinski definition) is 2. The van der Waals surface area contributed by atoms with Crippen LogP contribution in [0.25, 0.3) is 0 Å². The monoisotopic (exact) mass is 428 g/mol. The summed E-state index contributed by atoms with van der Waals surface area (Å²) >= 11 is 0. The van der Waals surface area contributed by atoms with Crippen LogP contribution in [-0.2, 0) is 10.8 Å². The Hall–Kier alpha value is -2.62. The number of nitrogens with one attached hydrogen (secondary N) is 1. The number of hydrogen-bond donors (Lipinski definition) is 1. The maximum Gasteiger partial charge on any atom is 0.173 e. The Labute approximate surface area is 192 Å². The van der Waals surface area contributed by atoms with Crippen LogP contribution in [0.5, 0.6) is 0 Å². The average molecular weight is 429 g/mol. The van der Waals surface area contributed by atoms with Crippen LogP contribution in [0.15, 0.2) is 47.5 Å². The number of anilines is 2. The number of aliphatic imine (C=N–C) groups is 1. The molecule has 1 saturated heterocycles. The van der Waals surface area contributed by atoms with Crippen molar-refractivity contribution >= 4 is 23.0 Å². The molecule has 2 heterocycles. The van der Waals surface area contributed by atoms with Crippen LogP contribution in [0.4, 0.5) is 11.4 Å². The minimum atomic E-state index is 0.0477. The summed E-state index contributed by atoms with van der Waals surface area (Å²) in [5, 5.41) is 9.34.